The molecular weight excluding hydrogens is 314 g/mol. The molecule has 0 spiro atoms. The second kappa shape index (κ2) is 7.73. The van der Waals surface area contributed by atoms with Crippen molar-refractivity contribution >= 4 is 28.3 Å². The van der Waals surface area contributed by atoms with Crippen LogP contribution in [0.15, 0.2) is 29.6 Å². The van der Waals surface area contributed by atoms with Crippen LogP contribution in [0.1, 0.15) is 41.1 Å². The van der Waals surface area contributed by atoms with Gasteiger partial charge in [0.25, 0.3) is 11.8 Å². The number of nitrogens with zero attached hydrogens (tertiary/aromatic N) is 1. The smallest absolute Gasteiger partial charge is 0.271 e. The van der Waals surface area contributed by atoms with Crippen molar-refractivity contribution in [1.29, 1.82) is 0 Å². The van der Waals surface area contributed by atoms with E-state index in [4.69, 9.17) is 4.74 Å². The molecule has 23 heavy (non-hydrogen) atoms. The highest BCUT2D eigenvalue weighted by Gasteiger charge is 2.14. The van der Waals surface area contributed by atoms with Gasteiger partial charge in [0.2, 0.25) is 0 Å². The summed E-state index contributed by atoms with van der Waals surface area (Å²) in [6, 6.07) is 6.83. The van der Waals surface area contributed by atoms with Gasteiger partial charge < -0.3 is 10.1 Å². The number of aromatic nitrogens is 1. The van der Waals surface area contributed by atoms with Crippen LogP contribution in [0.5, 0.6) is 5.75 Å². The van der Waals surface area contributed by atoms with E-state index in [1.54, 1.807) is 36.8 Å². The Bertz CT molecular complexity index is 682. The van der Waals surface area contributed by atoms with Gasteiger partial charge in [0.15, 0.2) is 5.13 Å². The molecule has 0 fully saturated rings. The first-order chi connectivity index (χ1) is 11.0. The number of thiazole rings is 1. The number of carbonyl (C=O) groups is 2. The molecule has 2 aromatic rings. The first-order valence-corrected chi connectivity index (χ1v) is 8.13. The van der Waals surface area contributed by atoms with Gasteiger partial charge in [0.1, 0.15) is 11.4 Å². The predicted molar refractivity (Wildman–Crippen MR) is 90.3 cm³/mol. The minimum absolute atomic E-state index is 0.0848. The van der Waals surface area contributed by atoms with E-state index in [0.29, 0.717) is 22.1 Å². The molecule has 0 aliphatic heterocycles. The summed E-state index contributed by atoms with van der Waals surface area (Å²) in [6.45, 7) is 3.92. The van der Waals surface area contributed by atoms with Gasteiger partial charge in [-0.3, -0.25) is 14.9 Å². The van der Waals surface area contributed by atoms with Crippen LogP contribution in [0.2, 0.25) is 0 Å². The van der Waals surface area contributed by atoms with Crippen LogP contribution in [0.25, 0.3) is 0 Å². The van der Waals surface area contributed by atoms with Crippen LogP contribution in [0.4, 0.5) is 5.13 Å². The van der Waals surface area contributed by atoms with Gasteiger partial charge in [-0.15, -0.1) is 11.3 Å². The van der Waals surface area contributed by atoms with E-state index in [0.717, 1.165) is 6.42 Å². The first-order valence-electron chi connectivity index (χ1n) is 7.25. The predicted octanol–water partition coefficient (Wildman–Crippen LogP) is 2.93. The summed E-state index contributed by atoms with van der Waals surface area (Å²) in [4.78, 5) is 28.2. The van der Waals surface area contributed by atoms with Crippen molar-refractivity contribution in [2.75, 3.05) is 12.4 Å². The molecule has 1 unspecified atom stereocenters. The Balaban J connectivity index is 2.00. The molecule has 7 heteroatoms. The molecule has 1 heterocycles. The molecule has 2 N–H and O–H groups in total. The standard InChI is InChI=1S/C16H19N3O3S/c1-4-10(2)17-15(21)13-9-23-16(18-13)19-14(20)11-5-7-12(22-3)8-6-11/h5-10H,4H2,1-3H3,(H,17,21)(H,18,19,20). The maximum atomic E-state index is 12.1. The molecule has 1 aromatic carbocycles. The van der Waals surface area contributed by atoms with Gasteiger partial charge in [-0.05, 0) is 37.6 Å². The second-order valence-electron chi connectivity index (χ2n) is 5.00. The van der Waals surface area contributed by atoms with Crippen LogP contribution < -0.4 is 15.4 Å². The van der Waals surface area contributed by atoms with Crippen molar-refractivity contribution in [2.24, 2.45) is 0 Å². The maximum Gasteiger partial charge on any atom is 0.271 e. The lowest BCUT2D eigenvalue weighted by molar-refractivity contribution is 0.0933. The van der Waals surface area contributed by atoms with E-state index in [1.165, 1.54) is 11.3 Å². The van der Waals surface area contributed by atoms with Crippen LogP contribution in [-0.4, -0.2) is 29.9 Å². The second-order valence-corrected chi connectivity index (χ2v) is 5.86. The number of carbonyl (C=O) groups excluding carboxylic acids is 2. The van der Waals surface area contributed by atoms with E-state index >= 15 is 0 Å². The molecule has 2 rings (SSSR count). The quantitative estimate of drug-likeness (QED) is 0.852. The molecule has 0 aliphatic rings. The molecule has 2 amide bonds. The topological polar surface area (TPSA) is 80.3 Å². The Morgan fingerprint density at radius 2 is 1.96 bits per heavy atom. The highest BCUT2D eigenvalue weighted by atomic mass is 32.1. The van der Waals surface area contributed by atoms with Crippen LogP contribution in [0.3, 0.4) is 0 Å². The fourth-order valence-corrected chi connectivity index (χ4v) is 2.43. The number of methoxy groups -OCH3 is 1. The van der Waals surface area contributed by atoms with Crippen molar-refractivity contribution in [2.45, 2.75) is 26.3 Å². The Morgan fingerprint density at radius 1 is 1.26 bits per heavy atom. The van der Waals surface area contributed by atoms with Gasteiger partial charge in [0, 0.05) is 17.0 Å². The van der Waals surface area contributed by atoms with Crippen LogP contribution in [0, 0.1) is 0 Å². The average Bonchev–Trinajstić information content (AvgIpc) is 3.03. The Kier molecular flexibility index (Phi) is 5.70. The van der Waals surface area contributed by atoms with E-state index < -0.39 is 0 Å². The highest BCUT2D eigenvalue weighted by molar-refractivity contribution is 7.14. The zero-order valence-corrected chi connectivity index (χ0v) is 14.1. The zero-order chi connectivity index (χ0) is 16.8. The molecule has 0 saturated heterocycles. The fourth-order valence-electron chi connectivity index (χ4n) is 1.75. The summed E-state index contributed by atoms with van der Waals surface area (Å²) in [5.74, 6) is 0.163. The largest absolute Gasteiger partial charge is 0.497 e. The molecule has 1 aromatic heterocycles. The molecule has 0 bridgehead atoms. The van der Waals surface area contributed by atoms with Crippen molar-refractivity contribution in [3.8, 4) is 5.75 Å². The summed E-state index contributed by atoms with van der Waals surface area (Å²) in [7, 11) is 1.57. The third-order valence-corrected chi connectivity index (χ3v) is 4.06. The van der Waals surface area contributed by atoms with Gasteiger partial charge in [-0.25, -0.2) is 4.98 Å². The lowest BCUT2D eigenvalue weighted by atomic mass is 10.2. The summed E-state index contributed by atoms with van der Waals surface area (Å²) >= 11 is 1.21. The number of anilines is 1. The normalized spacial score (nSPS) is 11.6. The van der Waals surface area contributed by atoms with Crippen LogP contribution >= 0.6 is 11.3 Å². The van der Waals surface area contributed by atoms with Gasteiger partial charge in [-0.2, -0.15) is 0 Å². The Hall–Kier alpha value is -2.41. The van der Waals surface area contributed by atoms with Crippen molar-refractivity contribution in [1.82, 2.24) is 10.3 Å². The van der Waals surface area contributed by atoms with E-state index in [2.05, 4.69) is 15.6 Å². The summed E-state index contributed by atoms with van der Waals surface area (Å²) in [5.41, 5.74) is 0.798. The van der Waals surface area contributed by atoms with Gasteiger partial charge in [0.05, 0.1) is 7.11 Å². The SMILES string of the molecule is CCC(C)NC(=O)c1csc(NC(=O)c2ccc(OC)cc2)n1. The number of hydrogen-bond acceptors (Lipinski definition) is 5. The molecule has 0 saturated carbocycles. The number of rotatable bonds is 6. The Labute approximate surface area is 138 Å². The Morgan fingerprint density at radius 3 is 2.57 bits per heavy atom. The van der Waals surface area contributed by atoms with Crippen molar-refractivity contribution < 1.29 is 14.3 Å². The number of amides is 2. The number of hydrogen-bond donors (Lipinski definition) is 2. The van der Waals surface area contributed by atoms with E-state index in [-0.39, 0.29) is 17.9 Å². The molecule has 122 valence electrons. The van der Waals surface area contributed by atoms with E-state index in [9.17, 15) is 9.59 Å². The number of nitrogens with one attached hydrogen (secondary N) is 2. The summed E-state index contributed by atoms with van der Waals surface area (Å²) < 4.78 is 5.05. The molecule has 6 nitrogen and oxygen atoms in total. The van der Waals surface area contributed by atoms with Crippen molar-refractivity contribution in [3.05, 3.63) is 40.9 Å². The zero-order valence-electron chi connectivity index (χ0n) is 13.3. The van der Waals surface area contributed by atoms with E-state index in [1.807, 2.05) is 13.8 Å². The third-order valence-electron chi connectivity index (χ3n) is 3.30. The molecule has 0 radical (unpaired) electrons. The first kappa shape index (κ1) is 17.0. The molecule has 1 atom stereocenters. The lowest BCUT2D eigenvalue weighted by Crippen LogP contribution is -2.32. The highest BCUT2D eigenvalue weighted by Crippen LogP contribution is 2.18. The minimum atomic E-state index is -0.282. The number of ether oxygens (including phenoxy) is 1. The monoisotopic (exact) mass is 333 g/mol. The molecule has 0 aliphatic carbocycles. The summed E-state index contributed by atoms with van der Waals surface area (Å²) in [6.07, 6.45) is 0.844. The number of benzene rings is 1. The molecular formula is C16H19N3O3S. The maximum absolute atomic E-state index is 12.1. The van der Waals surface area contributed by atoms with Gasteiger partial charge >= 0.3 is 0 Å². The lowest BCUT2D eigenvalue weighted by Gasteiger charge is -2.09. The average molecular weight is 333 g/mol. The van der Waals surface area contributed by atoms with Crippen LogP contribution in [-0.2, 0) is 0 Å². The minimum Gasteiger partial charge on any atom is -0.497 e. The van der Waals surface area contributed by atoms with Gasteiger partial charge in [-0.1, -0.05) is 6.92 Å². The third kappa shape index (κ3) is 4.53. The van der Waals surface area contributed by atoms with Crippen molar-refractivity contribution in [3.63, 3.8) is 0 Å². The fraction of sp³-hybridized carbons (Fsp3) is 0.312. The summed E-state index contributed by atoms with van der Waals surface area (Å²) in [5, 5.41) is 7.54.